The van der Waals surface area contributed by atoms with Crippen molar-refractivity contribution in [2.75, 3.05) is 6.61 Å². The molecule has 0 radical (unpaired) electrons. The zero-order valence-electron chi connectivity index (χ0n) is 24.0. The van der Waals surface area contributed by atoms with Gasteiger partial charge in [0.25, 0.3) is 0 Å². The first-order chi connectivity index (χ1) is 16.0. The Kier molecular flexibility index (Phi) is 13.6. The molecule has 0 unspecified atom stereocenters. The van der Waals surface area contributed by atoms with Crippen molar-refractivity contribution < 1.29 is 14.9 Å². The Balaban J connectivity index is 0.00000182. The minimum atomic E-state index is -0.0712. The first kappa shape index (κ1) is 30.8. The molecule has 1 aromatic rings. The molecule has 2 N–H and O–H groups in total. The average molecular weight is 477 g/mol. The standard InChI is InChI=1S/C29H50O2.C2H6O/c1-20(2)12-9-13-21(3)14-10-15-22(4)16-11-18-29(8)19-17-26-25(7)27(30)23(5)24(6)28(26)31-29;1-2-3/h20-22,30H,9-19H2,1-8H3;3H,2H2,1H3/t21-,22-,29-;/m1./s1. The SMILES string of the molecule is CCO.Cc1c(C)c2c(c(C)c1O)CC[C@@](C)(CCC[C@H](C)CCC[C@H](C)CCCC(C)C)O2. The van der Waals surface area contributed by atoms with Gasteiger partial charge in [0.2, 0.25) is 0 Å². The molecule has 0 saturated carbocycles. The number of rotatable bonds is 12. The number of hydrogen-bond acceptors (Lipinski definition) is 3. The molecule has 3 nitrogen and oxygen atoms in total. The molecular weight excluding hydrogens is 420 g/mol. The second-order valence-corrected chi connectivity index (χ2v) is 11.8. The van der Waals surface area contributed by atoms with Gasteiger partial charge < -0.3 is 14.9 Å². The molecule has 1 heterocycles. The molecular formula is C31H56O3. The predicted octanol–water partition coefficient (Wildman–Crippen LogP) is 8.84. The van der Waals surface area contributed by atoms with E-state index in [-0.39, 0.29) is 12.2 Å². The van der Waals surface area contributed by atoms with Gasteiger partial charge in [-0.05, 0) is 94.7 Å². The molecule has 3 heteroatoms. The number of fused-ring (bicyclic) bond motifs is 1. The minimum absolute atomic E-state index is 0.0712. The number of aromatic hydroxyl groups is 1. The summed E-state index contributed by atoms with van der Waals surface area (Å²) in [4.78, 5) is 0. The van der Waals surface area contributed by atoms with Crippen molar-refractivity contribution >= 4 is 0 Å². The summed E-state index contributed by atoms with van der Waals surface area (Å²) in [5.41, 5.74) is 4.23. The highest BCUT2D eigenvalue weighted by Crippen LogP contribution is 2.44. The third-order valence-corrected chi connectivity index (χ3v) is 7.87. The Labute approximate surface area is 211 Å². The summed E-state index contributed by atoms with van der Waals surface area (Å²) in [6.45, 7) is 19.9. The van der Waals surface area contributed by atoms with Gasteiger partial charge >= 0.3 is 0 Å². The molecule has 2 rings (SSSR count). The highest BCUT2D eigenvalue weighted by Gasteiger charge is 2.34. The Morgan fingerprint density at radius 3 is 1.85 bits per heavy atom. The van der Waals surface area contributed by atoms with Crippen LogP contribution in [0.5, 0.6) is 11.5 Å². The van der Waals surface area contributed by atoms with Crippen LogP contribution in [0.1, 0.15) is 128 Å². The van der Waals surface area contributed by atoms with Gasteiger partial charge in [-0.2, -0.15) is 0 Å². The molecule has 34 heavy (non-hydrogen) atoms. The predicted molar refractivity (Wildman–Crippen MR) is 147 cm³/mol. The number of hydrogen-bond donors (Lipinski definition) is 2. The van der Waals surface area contributed by atoms with Gasteiger partial charge in [-0.15, -0.1) is 0 Å². The smallest absolute Gasteiger partial charge is 0.127 e. The monoisotopic (exact) mass is 476 g/mol. The van der Waals surface area contributed by atoms with E-state index in [2.05, 4.69) is 41.5 Å². The number of ether oxygens (including phenoxy) is 1. The lowest BCUT2D eigenvalue weighted by Gasteiger charge is -2.38. The Morgan fingerprint density at radius 2 is 1.32 bits per heavy atom. The van der Waals surface area contributed by atoms with Crippen LogP contribution in [0.25, 0.3) is 0 Å². The van der Waals surface area contributed by atoms with Crippen LogP contribution >= 0.6 is 0 Å². The van der Waals surface area contributed by atoms with E-state index in [0.29, 0.717) is 5.75 Å². The molecule has 198 valence electrons. The molecule has 0 fully saturated rings. The molecule has 0 saturated heterocycles. The normalized spacial score (nSPS) is 19.1. The molecule has 0 aromatic heterocycles. The molecule has 0 spiro atoms. The van der Waals surface area contributed by atoms with Crippen LogP contribution in [-0.4, -0.2) is 22.4 Å². The molecule has 1 aromatic carbocycles. The van der Waals surface area contributed by atoms with Crippen molar-refractivity contribution in [2.45, 2.75) is 139 Å². The van der Waals surface area contributed by atoms with Gasteiger partial charge in [0.1, 0.15) is 17.1 Å². The summed E-state index contributed by atoms with van der Waals surface area (Å²) < 4.78 is 6.60. The topological polar surface area (TPSA) is 49.7 Å². The fourth-order valence-corrected chi connectivity index (χ4v) is 5.27. The zero-order chi connectivity index (χ0) is 25.9. The quantitative estimate of drug-likeness (QED) is 0.317. The highest BCUT2D eigenvalue weighted by atomic mass is 16.5. The summed E-state index contributed by atoms with van der Waals surface area (Å²) in [5.74, 6) is 4.04. The molecule has 0 amide bonds. The van der Waals surface area contributed by atoms with Crippen LogP contribution in [0.4, 0.5) is 0 Å². The maximum atomic E-state index is 10.4. The van der Waals surface area contributed by atoms with E-state index < -0.39 is 0 Å². The van der Waals surface area contributed by atoms with Gasteiger partial charge in [-0.25, -0.2) is 0 Å². The number of phenols is 1. The van der Waals surface area contributed by atoms with Crippen molar-refractivity contribution in [1.82, 2.24) is 0 Å². The Morgan fingerprint density at radius 1 is 0.824 bits per heavy atom. The van der Waals surface area contributed by atoms with Crippen molar-refractivity contribution in [3.8, 4) is 11.5 Å². The molecule has 1 aliphatic heterocycles. The van der Waals surface area contributed by atoms with Crippen LogP contribution in [0.15, 0.2) is 0 Å². The Hall–Kier alpha value is -1.22. The van der Waals surface area contributed by atoms with Crippen molar-refractivity contribution in [1.29, 1.82) is 0 Å². The van der Waals surface area contributed by atoms with Gasteiger partial charge in [-0.1, -0.05) is 72.6 Å². The van der Waals surface area contributed by atoms with Gasteiger partial charge in [0.15, 0.2) is 0 Å². The van der Waals surface area contributed by atoms with Crippen LogP contribution < -0.4 is 4.74 Å². The van der Waals surface area contributed by atoms with E-state index >= 15 is 0 Å². The van der Waals surface area contributed by atoms with E-state index in [1.54, 1.807) is 6.92 Å². The summed E-state index contributed by atoms with van der Waals surface area (Å²) in [6.07, 6.45) is 14.1. The lowest BCUT2D eigenvalue weighted by Crippen LogP contribution is -2.37. The maximum Gasteiger partial charge on any atom is 0.127 e. The second kappa shape index (κ2) is 15.0. The van der Waals surface area contributed by atoms with Crippen LogP contribution in [0.2, 0.25) is 0 Å². The van der Waals surface area contributed by atoms with Crippen molar-refractivity contribution in [3.63, 3.8) is 0 Å². The lowest BCUT2D eigenvalue weighted by atomic mass is 9.84. The molecule has 3 atom stereocenters. The van der Waals surface area contributed by atoms with Gasteiger partial charge in [0.05, 0.1) is 0 Å². The van der Waals surface area contributed by atoms with E-state index in [1.807, 2.05) is 13.8 Å². The summed E-state index contributed by atoms with van der Waals surface area (Å²) >= 11 is 0. The van der Waals surface area contributed by atoms with Gasteiger partial charge in [-0.3, -0.25) is 0 Å². The lowest BCUT2D eigenvalue weighted by molar-refractivity contribution is 0.0512. The van der Waals surface area contributed by atoms with E-state index in [0.717, 1.165) is 59.5 Å². The van der Waals surface area contributed by atoms with E-state index in [9.17, 15) is 5.11 Å². The minimum Gasteiger partial charge on any atom is -0.507 e. The molecule has 0 aliphatic carbocycles. The third-order valence-electron chi connectivity index (χ3n) is 7.87. The first-order valence-electron chi connectivity index (χ1n) is 14.1. The van der Waals surface area contributed by atoms with Crippen molar-refractivity contribution in [3.05, 3.63) is 22.3 Å². The van der Waals surface area contributed by atoms with E-state index in [1.165, 1.54) is 56.9 Å². The van der Waals surface area contributed by atoms with Crippen LogP contribution in [0, 0.1) is 38.5 Å². The van der Waals surface area contributed by atoms with E-state index in [4.69, 9.17) is 9.84 Å². The number of benzene rings is 1. The highest BCUT2D eigenvalue weighted by molar-refractivity contribution is 5.58. The molecule has 1 aliphatic rings. The maximum absolute atomic E-state index is 10.4. The average Bonchev–Trinajstić information content (AvgIpc) is 2.76. The number of aliphatic hydroxyl groups excluding tert-OH is 1. The zero-order valence-corrected chi connectivity index (χ0v) is 24.0. The third kappa shape index (κ3) is 9.80. The fraction of sp³-hybridized carbons (Fsp3) is 0.806. The number of phenolic OH excluding ortho intramolecular Hbond substituents is 1. The summed E-state index contributed by atoms with van der Waals surface area (Å²) in [6, 6.07) is 0. The largest absolute Gasteiger partial charge is 0.507 e. The fourth-order valence-electron chi connectivity index (χ4n) is 5.27. The second-order valence-electron chi connectivity index (χ2n) is 11.8. The van der Waals surface area contributed by atoms with Gasteiger partial charge in [0, 0.05) is 12.2 Å². The van der Waals surface area contributed by atoms with Crippen LogP contribution in [-0.2, 0) is 6.42 Å². The summed E-state index contributed by atoms with van der Waals surface area (Å²) in [7, 11) is 0. The molecule has 0 bridgehead atoms. The van der Waals surface area contributed by atoms with Crippen molar-refractivity contribution in [2.24, 2.45) is 17.8 Å². The number of aliphatic hydroxyl groups is 1. The Bertz CT molecular complexity index is 724. The first-order valence-corrected chi connectivity index (χ1v) is 14.1. The summed E-state index contributed by atoms with van der Waals surface area (Å²) in [5, 5.41) is 18.0. The van der Waals surface area contributed by atoms with Crippen LogP contribution in [0.3, 0.4) is 0 Å².